The van der Waals surface area contributed by atoms with Crippen molar-refractivity contribution in [2.75, 3.05) is 20.3 Å². The van der Waals surface area contributed by atoms with Gasteiger partial charge in [0.2, 0.25) is 0 Å². The quantitative estimate of drug-likeness (QED) is 0.603. The molecule has 1 unspecified atom stereocenters. The molecule has 1 N–H and O–H groups in total. The molecule has 0 aliphatic heterocycles. The Kier molecular flexibility index (Phi) is 6.40. The third-order valence-electron chi connectivity index (χ3n) is 2.31. The van der Waals surface area contributed by atoms with Gasteiger partial charge in [0.25, 0.3) is 0 Å². The van der Waals surface area contributed by atoms with E-state index in [4.69, 9.17) is 16.3 Å². The first-order valence-corrected chi connectivity index (χ1v) is 5.84. The fraction of sp³-hybridized carbons (Fsp3) is 0.500. The first kappa shape index (κ1) is 14.4. The standard InChI is InChI=1S/C12H16ClF2NO/c1-17-8-10(13)4-5-16-7-9-2-3-11(14)6-12(9)15/h2-3,6,10,16H,4-5,7-8H2,1H3. The summed E-state index contributed by atoms with van der Waals surface area (Å²) in [6, 6.07) is 3.56. The zero-order valence-electron chi connectivity index (χ0n) is 9.68. The van der Waals surface area contributed by atoms with Gasteiger partial charge in [0, 0.05) is 25.3 Å². The zero-order chi connectivity index (χ0) is 12.7. The molecule has 1 rings (SSSR count). The van der Waals surface area contributed by atoms with Gasteiger partial charge in [0.05, 0.1) is 12.0 Å². The lowest BCUT2D eigenvalue weighted by Crippen LogP contribution is -2.20. The highest BCUT2D eigenvalue weighted by molar-refractivity contribution is 6.20. The Morgan fingerprint density at radius 3 is 2.82 bits per heavy atom. The maximum absolute atomic E-state index is 13.2. The Morgan fingerprint density at radius 2 is 2.18 bits per heavy atom. The molecule has 0 amide bonds. The van der Waals surface area contributed by atoms with Gasteiger partial charge in [-0.1, -0.05) is 6.07 Å². The van der Waals surface area contributed by atoms with Gasteiger partial charge in [-0.25, -0.2) is 8.78 Å². The Bertz CT molecular complexity index is 349. The summed E-state index contributed by atoms with van der Waals surface area (Å²) in [5.74, 6) is -1.09. The largest absolute Gasteiger partial charge is 0.383 e. The smallest absolute Gasteiger partial charge is 0.130 e. The summed E-state index contributed by atoms with van der Waals surface area (Å²) in [6.07, 6.45) is 0.734. The van der Waals surface area contributed by atoms with Crippen molar-refractivity contribution in [3.8, 4) is 0 Å². The van der Waals surface area contributed by atoms with Crippen molar-refractivity contribution >= 4 is 11.6 Å². The Labute approximate surface area is 105 Å². The number of halogens is 3. The van der Waals surface area contributed by atoms with Crippen molar-refractivity contribution in [2.24, 2.45) is 0 Å². The van der Waals surface area contributed by atoms with E-state index in [1.54, 1.807) is 7.11 Å². The third-order valence-corrected chi connectivity index (χ3v) is 2.66. The SMILES string of the molecule is COCC(Cl)CCNCc1ccc(F)cc1F. The highest BCUT2D eigenvalue weighted by Crippen LogP contribution is 2.09. The van der Waals surface area contributed by atoms with Crippen molar-refractivity contribution in [1.29, 1.82) is 0 Å². The summed E-state index contributed by atoms with van der Waals surface area (Å²) in [5, 5.41) is 3.00. The lowest BCUT2D eigenvalue weighted by Gasteiger charge is -2.09. The number of methoxy groups -OCH3 is 1. The van der Waals surface area contributed by atoms with Gasteiger partial charge in [-0.3, -0.25) is 0 Å². The molecule has 0 radical (unpaired) electrons. The van der Waals surface area contributed by atoms with E-state index in [2.05, 4.69) is 5.32 Å². The highest BCUT2D eigenvalue weighted by atomic mass is 35.5. The minimum atomic E-state index is -0.563. The van der Waals surface area contributed by atoms with Gasteiger partial charge in [-0.05, 0) is 19.0 Å². The van der Waals surface area contributed by atoms with Gasteiger partial charge >= 0.3 is 0 Å². The maximum Gasteiger partial charge on any atom is 0.130 e. The van der Waals surface area contributed by atoms with Crippen LogP contribution in [0.25, 0.3) is 0 Å². The molecule has 0 heterocycles. The van der Waals surface area contributed by atoms with E-state index in [1.165, 1.54) is 12.1 Å². The number of rotatable bonds is 7. The predicted octanol–water partition coefficient (Wildman–Crippen LogP) is 2.70. The fourth-order valence-corrected chi connectivity index (χ4v) is 1.65. The van der Waals surface area contributed by atoms with E-state index < -0.39 is 11.6 Å². The van der Waals surface area contributed by atoms with E-state index in [-0.39, 0.29) is 5.38 Å². The second-order valence-electron chi connectivity index (χ2n) is 3.75. The van der Waals surface area contributed by atoms with Crippen LogP contribution in [0.3, 0.4) is 0 Å². The molecule has 1 aromatic carbocycles. The number of benzene rings is 1. The molecule has 2 nitrogen and oxygen atoms in total. The maximum atomic E-state index is 13.2. The van der Waals surface area contributed by atoms with E-state index in [1.807, 2.05) is 0 Å². The molecule has 1 aromatic rings. The number of hydrogen-bond donors (Lipinski definition) is 1. The van der Waals surface area contributed by atoms with Crippen LogP contribution < -0.4 is 5.32 Å². The first-order valence-electron chi connectivity index (χ1n) is 5.41. The Morgan fingerprint density at radius 1 is 1.41 bits per heavy atom. The molecular weight excluding hydrogens is 248 g/mol. The molecule has 0 aromatic heterocycles. The Hall–Kier alpha value is -0.710. The van der Waals surface area contributed by atoms with Crippen LogP contribution in [0.1, 0.15) is 12.0 Å². The number of hydrogen-bond acceptors (Lipinski definition) is 2. The molecular formula is C12H16ClF2NO. The summed E-state index contributed by atoms with van der Waals surface area (Å²) >= 11 is 5.93. The lowest BCUT2D eigenvalue weighted by molar-refractivity contribution is 0.195. The van der Waals surface area contributed by atoms with Crippen molar-refractivity contribution in [1.82, 2.24) is 5.32 Å². The number of alkyl halides is 1. The van der Waals surface area contributed by atoms with Crippen LogP contribution in [-0.4, -0.2) is 25.6 Å². The van der Waals surface area contributed by atoms with Crippen LogP contribution in [-0.2, 0) is 11.3 Å². The van der Waals surface area contributed by atoms with Crippen LogP contribution in [0.2, 0.25) is 0 Å². The van der Waals surface area contributed by atoms with Crippen LogP contribution in [0.4, 0.5) is 8.78 Å². The molecule has 0 saturated carbocycles. The van der Waals surface area contributed by atoms with Gasteiger partial charge in [-0.15, -0.1) is 11.6 Å². The summed E-state index contributed by atoms with van der Waals surface area (Å²) in [7, 11) is 1.59. The van der Waals surface area contributed by atoms with Gasteiger partial charge in [0.15, 0.2) is 0 Å². The normalized spacial score (nSPS) is 12.7. The average Bonchev–Trinajstić information content (AvgIpc) is 2.27. The van der Waals surface area contributed by atoms with Crippen LogP contribution >= 0.6 is 11.6 Å². The molecule has 0 saturated heterocycles. The second-order valence-corrected chi connectivity index (χ2v) is 4.37. The monoisotopic (exact) mass is 263 g/mol. The lowest BCUT2D eigenvalue weighted by atomic mass is 10.2. The Balaban J connectivity index is 2.26. The van der Waals surface area contributed by atoms with E-state index in [0.717, 1.165) is 12.5 Å². The first-order chi connectivity index (χ1) is 8.13. The zero-order valence-corrected chi connectivity index (χ0v) is 10.4. The van der Waals surface area contributed by atoms with Crippen molar-refractivity contribution in [2.45, 2.75) is 18.3 Å². The molecule has 0 bridgehead atoms. The fourth-order valence-electron chi connectivity index (χ4n) is 1.41. The summed E-state index contributed by atoms with van der Waals surface area (Å²) in [5.41, 5.74) is 0.448. The summed E-state index contributed by atoms with van der Waals surface area (Å²) < 4.78 is 30.8. The second kappa shape index (κ2) is 7.58. The van der Waals surface area contributed by atoms with Gasteiger partial charge in [0.1, 0.15) is 11.6 Å². The molecule has 1 atom stereocenters. The topological polar surface area (TPSA) is 21.3 Å². The van der Waals surface area contributed by atoms with Crippen LogP contribution in [0.5, 0.6) is 0 Å². The highest BCUT2D eigenvalue weighted by Gasteiger charge is 2.05. The minimum Gasteiger partial charge on any atom is -0.383 e. The summed E-state index contributed by atoms with van der Waals surface area (Å²) in [4.78, 5) is 0. The van der Waals surface area contributed by atoms with E-state index in [9.17, 15) is 8.78 Å². The third kappa shape index (κ3) is 5.44. The molecule has 0 aliphatic carbocycles. The molecule has 96 valence electrons. The average molecular weight is 264 g/mol. The molecule has 0 aliphatic rings. The van der Waals surface area contributed by atoms with Crippen LogP contribution in [0, 0.1) is 11.6 Å². The van der Waals surface area contributed by atoms with Gasteiger partial charge in [-0.2, -0.15) is 0 Å². The molecule has 5 heteroatoms. The summed E-state index contributed by atoms with van der Waals surface area (Å²) in [6.45, 7) is 1.52. The molecule has 0 spiro atoms. The van der Waals surface area contributed by atoms with Crippen LogP contribution in [0.15, 0.2) is 18.2 Å². The minimum absolute atomic E-state index is 0.0504. The number of ether oxygens (including phenoxy) is 1. The molecule has 17 heavy (non-hydrogen) atoms. The van der Waals surface area contributed by atoms with E-state index >= 15 is 0 Å². The van der Waals surface area contributed by atoms with Gasteiger partial charge < -0.3 is 10.1 Å². The number of nitrogens with one attached hydrogen (secondary N) is 1. The van der Waals surface area contributed by atoms with Crippen molar-refractivity contribution in [3.63, 3.8) is 0 Å². The van der Waals surface area contributed by atoms with Crippen molar-refractivity contribution < 1.29 is 13.5 Å². The van der Waals surface area contributed by atoms with E-state index in [0.29, 0.717) is 25.3 Å². The molecule has 0 fully saturated rings. The predicted molar refractivity (Wildman–Crippen MR) is 64.2 cm³/mol. The van der Waals surface area contributed by atoms with Crippen molar-refractivity contribution in [3.05, 3.63) is 35.4 Å².